The molecule has 0 bridgehead atoms. The Balaban J connectivity index is 2.03. The lowest BCUT2D eigenvalue weighted by Crippen LogP contribution is -2.40. The first-order valence-electron chi connectivity index (χ1n) is 6.81. The first kappa shape index (κ1) is 13.2. The summed E-state index contributed by atoms with van der Waals surface area (Å²) < 4.78 is 5.29. The van der Waals surface area contributed by atoms with Crippen LogP contribution in [0.15, 0.2) is 36.9 Å². The van der Waals surface area contributed by atoms with Gasteiger partial charge in [-0.3, -0.25) is 4.90 Å². The average molecular weight is 245 g/mol. The Kier molecular flexibility index (Phi) is 4.82. The Morgan fingerprint density at radius 3 is 3.11 bits per heavy atom. The van der Waals surface area contributed by atoms with Crippen LogP contribution in [0.25, 0.3) is 0 Å². The number of rotatable bonds is 5. The minimum Gasteiger partial charge on any atom is -0.497 e. The summed E-state index contributed by atoms with van der Waals surface area (Å²) in [4.78, 5) is 2.55. The summed E-state index contributed by atoms with van der Waals surface area (Å²) in [5, 5.41) is 0. The number of ether oxygens (including phenoxy) is 1. The lowest BCUT2D eigenvalue weighted by Gasteiger charge is -2.35. The fraction of sp³-hybridized carbons (Fsp3) is 0.500. The predicted molar refractivity (Wildman–Crippen MR) is 76.1 cm³/mol. The van der Waals surface area contributed by atoms with Crippen molar-refractivity contribution in [1.29, 1.82) is 0 Å². The van der Waals surface area contributed by atoms with Crippen molar-refractivity contribution in [1.82, 2.24) is 4.90 Å². The number of benzene rings is 1. The van der Waals surface area contributed by atoms with Crippen molar-refractivity contribution in [2.75, 3.05) is 20.2 Å². The number of likely N-dealkylation sites (tertiary alicyclic amines) is 1. The standard InChI is InChI=1S/C16H23NO/c1-3-10-17-11-5-4-8-15(17)12-14-7-6-9-16(13-14)18-2/h3,6-7,9,13,15H,1,4-5,8,10-12H2,2H3/t15-/m0/s1. The van der Waals surface area contributed by atoms with Gasteiger partial charge in [0.25, 0.3) is 0 Å². The molecule has 0 aromatic heterocycles. The molecular formula is C16H23NO. The Labute approximate surface area is 110 Å². The minimum absolute atomic E-state index is 0.656. The van der Waals surface area contributed by atoms with Gasteiger partial charge in [0.2, 0.25) is 0 Å². The zero-order chi connectivity index (χ0) is 12.8. The third kappa shape index (κ3) is 3.36. The van der Waals surface area contributed by atoms with Gasteiger partial charge in [-0.2, -0.15) is 0 Å². The Morgan fingerprint density at radius 2 is 2.33 bits per heavy atom. The number of piperidine rings is 1. The van der Waals surface area contributed by atoms with Crippen molar-refractivity contribution < 1.29 is 4.74 Å². The fourth-order valence-corrected chi connectivity index (χ4v) is 2.77. The molecular weight excluding hydrogens is 222 g/mol. The van der Waals surface area contributed by atoms with Gasteiger partial charge in [0, 0.05) is 12.6 Å². The second-order valence-electron chi connectivity index (χ2n) is 4.99. The average Bonchev–Trinajstić information content (AvgIpc) is 2.41. The molecule has 2 rings (SSSR count). The van der Waals surface area contributed by atoms with E-state index in [-0.39, 0.29) is 0 Å². The van der Waals surface area contributed by atoms with Crippen molar-refractivity contribution >= 4 is 0 Å². The summed E-state index contributed by atoms with van der Waals surface area (Å²) in [5.41, 5.74) is 1.37. The van der Waals surface area contributed by atoms with E-state index in [1.807, 2.05) is 12.1 Å². The molecule has 1 aliphatic rings. The van der Waals surface area contributed by atoms with Gasteiger partial charge in [-0.15, -0.1) is 6.58 Å². The Morgan fingerprint density at radius 1 is 1.44 bits per heavy atom. The van der Waals surface area contributed by atoms with E-state index < -0.39 is 0 Å². The van der Waals surface area contributed by atoms with Crippen molar-refractivity contribution in [3.05, 3.63) is 42.5 Å². The van der Waals surface area contributed by atoms with Crippen LogP contribution in [0.3, 0.4) is 0 Å². The zero-order valence-corrected chi connectivity index (χ0v) is 11.3. The van der Waals surface area contributed by atoms with Crippen LogP contribution in [0, 0.1) is 0 Å². The second kappa shape index (κ2) is 6.60. The van der Waals surface area contributed by atoms with E-state index in [4.69, 9.17) is 4.74 Å². The molecule has 0 saturated carbocycles. The summed E-state index contributed by atoms with van der Waals surface area (Å²) in [6, 6.07) is 9.09. The van der Waals surface area contributed by atoms with Gasteiger partial charge in [0.1, 0.15) is 5.75 Å². The molecule has 1 aromatic rings. The number of nitrogens with zero attached hydrogens (tertiary/aromatic N) is 1. The molecule has 1 heterocycles. The van der Waals surface area contributed by atoms with E-state index >= 15 is 0 Å². The molecule has 98 valence electrons. The Hall–Kier alpha value is -1.28. The highest BCUT2D eigenvalue weighted by Crippen LogP contribution is 2.22. The molecule has 1 aromatic carbocycles. The molecule has 0 radical (unpaired) electrons. The topological polar surface area (TPSA) is 12.5 Å². The van der Waals surface area contributed by atoms with Gasteiger partial charge >= 0.3 is 0 Å². The van der Waals surface area contributed by atoms with Crippen molar-refractivity contribution in [3.8, 4) is 5.75 Å². The van der Waals surface area contributed by atoms with Crippen LogP contribution in [0.1, 0.15) is 24.8 Å². The van der Waals surface area contributed by atoms with Gasteiger partial charge in [-0.05, 0) is 43.5 Å². The molecule has 1 fully saturated rings. The SMILES string of the molecule is C=CCN1CCCC[C@H]1Cc1cccc(OC)c1. The molecule has 18 heavy (non-hydrogen) atoms. The first-order valence-corrected chi connectivity index (χ1v) is 6.81. The molecule has 1 atom stereocenters. The monoisotopic (exact) mass is 245 g/mol. The summed E-state index contributed by atoms with van der Waals surface area (Å²) in [6.07, 6.45) is 7.10. The third-order valence-electron chi connectivity index (χ3n) is 3.72. The molecule has 0 unspecified atom stereocenters. The molecule has 0 aliphatic carbocycles. The van der Waals surface area contributed by atoms with Gasteiger partial charge in [-0.25, -0.2) is 0 Å². The van der Waals surface area contributed by atoms with Gasteiger partial charge < -0.3 is 4.74 Å². The second-order valence-corrected chi connectivity index (χ2v) is 4.99. The predicted octanol–water partition coefficient (Wildman–Crippen LogP) is 3.28. The maximum absolute atomic E-state index is 5.29. The smallest absolute Gasteiger partial charge is 0.119 e. The number of methoxy groups -OCH3 is 1. The van der Waals surface area contributed by atoms with Crippen LogP contribution in [0.5, 0.6) is 5.75 Å². The highest BCUT2D eigenvalue weighted by molar-refractivity contribution is 5.29. The molecule has 0 amide bonds. The summed E-state index contributed by atoms with van der Waals surface area (Å²) in [5.74, 6) is 0.957. The molecule has 2 heteroatoms. The molecule has 0 spiro atoms. The van der Waals surface area contributed by atoms with E-state index in [1.54, 1.807) is 7.11 Å². The van der Waals surface area contributed by atoms with Crippen molar-refractivity contribution in [2.24, 2.45) is 0 Å². The summed E-state index contributed by atoms with van der Waals surface area (Å²) >= 11 is 0. The molecule has 1 saturated heterocycles. The van der Waals surface area contributed by atoms with Crippen LogP contribution in [0.4, 0.5) is 0 Å². The fourth-order valence-electron chi connectivity index (χ4n) is 2.77. The first-order chi connectivity index (χ1) is 8.83. The van der Waals surface area contributed by atoms with Gasteiger partial charge in [0.15, 0.2) is 0 Å². The van der Waals surface area contributed by atoms with Gasteiger partial charge in [0.05, 0.1) is 7.11 Å². The van der Waals surface area contributed by atoms with E-state index in [0.29, 0.717) is 6.04 Å². The van der Waals surface area contributed by atoms with E-state index in [2.05, 4.69) is 29.7 Å². The molecule has 2 nitrogen and oxygen atoms in total. The largest absolute Gasteiger partial charge is 0.497 e. The van der Waals surface area contributed by atoms with Crippen LogP contribution >= 0.6 is 0 Å². The van der Waals surface area contributed by atoms with Crippen LogP contribution in [0.2, 0.25) is 0 Å². The van der Waals surface area contributed by atoms with Crippen molar-refractivity contribution in [3.63, 3.8) is 0 Å². The maximum atomic E-state index is 5.29. The van der Waals surface area contributed by atoms with Crippen molar-refractivity contribution in [2.45, 2.75) is 31.7 Å². The number of hydrogen-bond acceptors (Lipinski definition) is 2. The highest BCUT2D eigenvalue weighted by Gasteiger charge is 2.21. The van der Waals surface area contributed by atoms with Crippen LogP contribution in [-0.4, -0.2) is 31.1 Å². The molecule has 1 aliphatic heterocycles. The van der Waals surface area contributed by atoms with Crippen LogP contribution < -0.4 is 4.74 Å². The Bertz CT molecular complexity index is 388. The normalized spacial score (nSPS) is 20.6. The third-order valence-corrected chi connectivity index (χ3v) is 3.72. The van der Waals surface area contributed by atoms with E-state index in [0.717, 1.165) is 18.7 Å². The minimum atomic E-state index is 0.656. The van der Waals surface area contributed by atoms with E-state index in [9.17, 15) is 0 Å². The maximum Gasteiger partial charge on any atom is 0.119 e. The van der Waals surface area contributed by atoms with E-state index in [1.165, 1.54) is 31.4 Å². The molecule has 0 N–H and O–H groups in total. The van der Waals surface area contributed by atoms with Crippen LogP contribution in [-0.2, 0) is 6.42 Å². The summed E-state index contributed by atoms with van der Waals surface area (Å²) in [6.45, 7) is 6.08. The van der Waals surface area contributed by atoms with Gasteiger partial charge in [-0.1, -0.05) is 24.6 Å². The lowest BCUT2D eigenvalue weighted by molar-refractivity contribution is 0.164. The number of hydrogen-bond donors (Lipinski definition) is 0. The lowest BCUT2D eigenvalue weighted by atomic mass is 9.95. The zero-order valence-electron chi connectivity index (χ0n) is 11.3. The summed E-state index contributed by atoms with van der Waals surface area (Å²) in [7, 11) is 1.73. The quantitative estimate of drug-likeness (QED) is 0.738. The highest BCUT2D eigenvalue weighted by atomic mass is 16.5.